The molecular formula is C28H30N2O10. The molecule has 0 fully saturated rings. The highest BCUT2D eigenvalue weighted by atomic mass is 16.6. The summed E-state index contributed by atoms with van der Waals surface area (Å²) in [4.78, 5) is 38.5. The molecule has 4 rings (SSSR count). The molecule has 1 aliphatic rings. The maximum absolute atomic E-state index is 13.0. The van der Waals surface area contributed by atoms with E-state index in [0.29, 0.717) is 16.5 Å². The molecule has 0 spiro atoms. The molecule has 3 aromatic rings. The van der Waals surface area contributed by atoms with Crippen molar-refractivity contribution in [3.8, 4) is 0 Å². The Balaban J connectivity index is 1.76. The zero-order valence-electron chi connectivity index (χ0n) is 21.9. The fourth-order valence-electron chi connectivity index (χ4n) is 4.53. The highest BCUT2D eigenvalue weighted by Crippen LogP contribution is 2.36. The van der Waals surface area contributed by atoms with Gasteiger partial charge < -0.3 is 39.6 Å². The molecule has 1 aromatic heterocycles. The maximum atomic E-state index is 13.0. The number of benzene rings is 2. The van der Waals surface area contributed by atoms with Gasteiger partial charge in [-0.15, -0.1) is 0 Å². The standard InChI is InChI=1S/C28H30N2O10/c1-37-26(34)19(29-27(35)39-15-16-8-4-3-5-9-16)12-18-17-10-6-7-11-20(17)30(28(36)38-2)24(18)22-13-21(32)25(33)23(14-31)40-22/h3-11,13,19,21,23,25,31-33H,12,14-15H2,1-2H3,(H,29,35)/t19-,21+,23+,25-/m0/s1. The SMILES string of the molecule is COC(=O)[C@H](Cc1c(C2=C[C@@H](O)[C@H](O)[C@@H](CO)O2)n(C(=O)OC)c2ccccc12)NC(=O)OCc1ccccc1. The van der Waals surface area contributed by atoms with Gasteiger partial charge in [-0.1, -0.05) is 48.5 Å². The first-order chi connectivity index (χ1) is 19.3. The number of esters is 1. The molecule has 0 aliphatic carbocycles. The molecule has 0 bridgehead atoms. The molecule has 212 valence electrons. The van der Waals surface area contributed by atoms with E-state index in [1.807, 2.05) is 6.07 Å². The number of carbonyl (C=O) groups excluding carboxylic acids is 3. The molecule has 12 heteroatoms. The number of fused-ring (bicyclic) bond motifs is 1. The summed E-state index contributed by atoms with van der Waals surface area (Å²) in [5.74, 6) is -0.816. The van der Waals surface area contributed by atoms with E-state index in [1.54, 1.807) is 48.5 Å². The van der Waals surface area contributed by atoms with E-state index >= 15 is 0 Å². The quantitative estimate of drug-likeness (QED) is 0.238. The van der Waals surface area contributed by atoms with Crippen LogP contribution in [0.1, 0.15) is 16.8 Å². The van der Waals surface area contributed by atoms with Crippen molar-refractivity contribution in [2.24, 2.45) is 0 Å². The first-order valence-corrected chi connectivity index (χ1v) is 12.4. The van der Waals surface area contributed by atoms with E-state index in [9.17, 15) is 29.7 Å². The molecule has 1 aliphatic heterocycles. The number of amides is 1. The van der Waals surface area contributed by atoms with Gasteiger partial charge in [0.1, 0.15) is 30.6 Å². The smallest absolute Gasteiger partial charge is 0.418 e. The third-order valence-corrected chi connectivity index (χ3v) is 6.48. The summed E-state index contributed by atoms with van der Waals surface area (Å²) >= 11 is 0. The van der Waals surface area contributed by atoms with Crippen molar-refractivity contribution in [3.63, 3.8) is 0 Å². The number of aliphatic hydroxyl groups is 3. The lowest BCUT2D eigenvalue weighted by Gasteiger charge is -2.31. The lowest BCUT2D eigenvalue weighted by Crippen LogP contribution is -2.44. The summed E-state index contributed by atoms with van der Waals surface area (Å²) in [5.41, 5.74) is 1.61. The van der Waals surface area contributed by atoms with Crippen LogP contribution in [0.25, 0.3) is 16.7 Å². The summed E-state index contributed by atoms with van der Waals surface area (Å²) in [6.45, 7) is -0.653. The van der Waals surface area contributed by atoms with Crippen molar-refractivity contribution in [1.82, 2.24) is 9.88 Å². The van der Waals surface area contributed by atoms with Crippen LogP contribution in [0.4, 0.5) is 9.59 Å². The van der Waals surface area contributed by atoms with Crippen LogP contribution in [0.5, 0.6) is 0 Å². The van der Waals surface area contributed by atoms with Crippen molar-refractivity contribution in [3.05, 3.63) is 77.5 Å². The van der Waals surface area contributed by atoms with E-state index in [4.69, 9.17) is 18.9 Å². The van der Waals surface area contributed by atoms with E-state index in [1.165, 1.54) is 24.9 Å². The second-order valence-corrected chi connectivity index (χ2v) is 8.99. The van der Waals surface area contributed by atoms with E-state index in [0.717, 1.165) is 5.56 Å². The predicted octanol–water partition coefficient (Wildman–Crippen LogP) is 1.72. The number of hydrogen-bond acceptors (Lipinski definition) is 10. The van der Waals surface area contributed by atoms with Gasteiger partial charge in [0.05, 0.1) is 32.0 Å². The van der Waals surface area contributed by atoms with Crippen LogP contribution < -0.4 is 5.32 Å². The highest BCUT2D eigenvalue weighted by molar-refractivity contribution is 5.98. The molecular weight excluding hydrogens is 524 g/mol. The topological polar surface area (TPSA) is 166 Å². The Morgan fingerprint density at radius 2 is 1.73 bits per heavy atom. The zero-order chi connectivity index (χ0) is 28.8. The van der Waals surface area contributed by atoms with Gasteiger partial charge in [0.15, 0.2) is 6.10 Å². The lowest BCUT2D eigenvalue weighted by atomic mass is 9.98. The Morgan fingerprint density at radius 1 is 1.02 bits per heavy atom. The van der Waals surface area contributed by atoms with Gasteiger partial charge >= 0.3 is 18.2 Å². The van der Waals surface area contributed by atoms with Crippen LogP contribution in [0.3, 0.4) is 0 Å². The number of carbonyl (C=O) groups is 3. The molecule has 2 heterocycles. The number of ether oxygens (including phenoxy) is 4. The van der Waals surface area contributed by atoms with Crippen molar-refractivity contribution in [2.45, 2.75) is 37.4 Å². The summed E-state index contributed by atoms with van der Waals surface area (Å²) in [6, 6.07) is 14.5. The first-order valence-electron chi connectivity index (χ1n) is 12.4. The minimum atomic E-state index is -1.43. The average Bonchev–Trinajstić information content (AvgIpc) is 3.30. The Labute approximate surface area is 229 Å². The predicted molar refractivity (Wildman–Crippen MR) is 141 cm³/mol. The molecule has 4 atom stereocenters. The number of rotatable bonds is 8. The molecule has 40 heavy (non-hydrogen) atoms. The summed E-state index contributed by atoms with van der Waals surface area (Å²) < 4.78 is 22.2. The molecule has 1 amide bonds. The van der Waals surface area contributed by atoms with Crippen LogP contribution in [-0.2, 0) is 36.8 Å². The molecule has 0 saturated heterocycles. The van der Waals surface area contributed by atoms with E-state index in [-0.39, 0.29) is 24.5 Å². The number of hydrogen-bond donors (Lipinski definition) is 4. The maximum Gasteiger partial charge on any atom is 0.418 e. The number of para-hydroxylation sites is 1. The number of aromatic nitrogens is 1. The minimum absolute atomic E-state index is 0.0308. The molecule has 12 nitrogen and oxygen atoms in total. The molecule has 4 N–H and O–H groups in total. The van der Waals surface area contributed by atoms with Crippen LogP contribution in [0.2, 0.25) is 0 Å². The van der Waals surface area contributed by atoms with Gasteiger partial charge in [0.2, 0.25) is 0 Å². The van der Waals surface area contributed by atoms with Crippen molar-refractivity contribution in [1.29, 1.82) is 0 Å². The number of alkyl carbamates (subject to hydrolysis) is 1. The molecule has 0 radical (unpaired) electrons. The molecule has 2 aromatic carbocycles. The Bertz CT molecular complexity index is 1400. The largest absolute Gasteiger partial charge is 0.483 e. The minimum Gasteiger partial charge on any atom is -0.483 e. The zero-order valence-corrected chi connectivity index (χ0v) is 21.9. The fraction of sp³-hybridized carbons (Fsp3) is 0.321. The van der Waals surface area contributed by atoms with Gasteiger partial charge in [-0.25, -0.2) is 19.0 Å². The molecule has 0 saturated carbocycles. The summed E-state index contributed by atoms with van der Waals surface area (Å²) in [6.07, 6.45) is -4.71. The summed E-state index contributed by atoms with van der Waals surface area (Å²) in [5, 5.41) is 33.4. The van der Waals surface area contributed by atoms with Crippen LogP contribution in [-0.4, -0.2) is 83.2 Å². The lowest BCUT2D eigenvalue weighted by molar-refractivity contribution is -0.143. The normalized spacial score (nSPS) is 19.2. The number of nitrogens with zero attached hydrogens (tertiary/aromatic N) is 1. The van der Waals surface area contributed by atoms with Gasteiger partial charge in [0, 0.05) is 11.8 Å². The average molecular weight is 555 g/mol. The number of aliphatic hydroxyl groups excluding tert-OH is 3. The van der Waals surface area contributed by atoms with Crippen LogP contribution >= 0.6 is 0 Å². The van der Waals surface area contributed by atoms with Gasteiger partial charge in [-0.2, -0.15) is 0 Å². The van der Waals surface area contributed by atoms with E-state index in [2.05, 4.69) is 5.32 Å². The number of methoxy groups -OCH3 is 2. The second kappa shape index (κ2) is 12.6. The third-order valence-electron chi connectivity index (χ3n) is 6.48. The van der Waals surface area contributed by atoms with Crippen LogP contribution in [0.15, 0.2) is 60.7 Å². The third kappa shape index (κ3) is 5.93. The second-order valence-electron chi connectivity index (χ2n) is 8.99. The monoisotopic (exact) mass is 554 g/mol. The van der Waals surface area contributed by atoms with E-state index < -0.39 is 49.1 Å². The van der Waals surface area contributed by atoms with Crippen LogP contribution in [0, 0.1) is 0 Å². The first kappa shape index (κ1) is 28.6. The summed E-state index contributed by atoms with van der Waals surface area (Å²) in [7, 11) is 2.36. The highest BCUT2D eigenvalue weighted by Gasteiger charge is 2.37. The van der Waals surface area contributed by atoms with Crippen molar-refractivity contribution in [2.75, 3.05) is 20.8 Å². The molecule has 0 unspecified atom stereocenters. The van der Waals surface area contributed by atoms with Crippen molar-refractivity contribution >= 4 is 34.8 Å². The fourth-order valence-corrected chi connectivity index (χ4v) is 4.53. The Kier molecular flexibility index (Phi) is 9.04. The Hall–Kier alpha value is -4.39. The van der Waals surface area contributed by atoms with Crippen molar-refractivity contribution < 1.29 is 48.7 Å². The number of nitrogens with one attached hydrogen (secondary N) is 1. The van der Waals surface area contributed by atoms with Gasteiger partial charge in [-0.3, -0.25) is 0 Å². The van der Waals surface area contributed by atoms with Gasteiger partial charge in [-0.05, 0) is 23.3 Å². The van der Waals surface area contributed by atoms with Gasteiger partial charge in [0.25, 0.3) is 0 Å². The Morgan fingerprint density at radius 3 is 2.40 bits per heavy atom.